The molecule has 2 aromatic carbocycles. The highest BCUT2D eigenvalue weighted by atomic mass is 16.3. The molecule has 4 nitrogen and oxygen atoms in total. The predicted molar refractivity (Wildman–Crippen MR) is 95.4 cm³/mol. The Hall–Kier alpha value is -2.04. The summed E-state index contributed by atoms with van der Waals surface area (Å²) in [6.45, 7) is 5.56. The van der Waals surface area contributed by atoms with Crippen molar-refractivity contribution in [3.05, 3.63) is 54.1 Å². The standard InChI is InChI=1S/C19H25N3O/c1-20-10-12-22(13-11-20)15-16-4-3-5-18(14-16)21(2)17-6-8-19(23)9-7-17/h3-9,14,23H,10-13,15H2,1-2H3. The van der Waals surface area contributed by atoms with Gasteiger partial charge >= 0.3 is 0 Å². The fourth-order valence-electron chi connectivity index (χ4n) is 2.95. The summed E-state index contributed by atoms with van der Waals surface area (Å²) >= 11 is 0. The quantitative estimate of drug-likeness (QED) is 0.940. The molecular formula is C19H25N3O. The summed E-state index contributed by atoms with van der Waals surface area (Å²) in [6, 6.07) is 16.0. The van der Waals surface area contributed by atoms with Gasteiger partial charge in [-0.3, -0.25) is 4.90 Å². The van der Waals surface area contributed by atoms with Gasteiger partial charge in [-0.1, -0.05) is 12.1 Å². The van der Waals surface area contributed by atoms with Crippen molar-refractivity contribution in [3.63, 3.8) is 0 Å². The molecule has 23 heavy (non-hydrogen) atoms. The third kappa shape index (κ3) is 4.03. The highest BCUT2D eigenvalue weighted by Crippen LogP contribution is 2.26. The minimum atomic E-state index is 0.297. The molecule has 2 aromatic rings. The second-order valence-corrected chi connectivity index (χ2v) is 6.32. The monoisotopic (exact) mass is 311 g/mol. The van der Waals surface area contributed by atoms with E-state index in [9.17, 15) is 5.11 Å². The fraction of sp³-hybridized carbons (Fsp3) is 0.368. The number of piperazine rings is 1. The number of anilines is 2. The SMILES string of the molecule is CN1CCN(Cc2cccc(N(C)c3ccc(O)cc3)c2)CC1. The molecule has 1 aliphatic heterocycles. The molecule has 0 aliphatic carbocycles. The van der Waals surface area contributed by atoms with E-state index < -0.39 is 0 Å². The van der Waals surface area contributed by atoms with Crippen molar-refractivity contribution in [1.82, 2.24) is 9.80 Å². The van der Waals surface area contributed by atoms with Crippen LogP contribution in [0.5, 0.6) is 5.75 Å². The number of hydrogen-bond acceptors (Lipinski definition) is 4. The van der Waals surface area contributed by atoms with Gasteiger partial charge in [0.2, 0.25) is 0 Å². The molecule has 0 radical (unpaired) electrons. The Morgan fingerprint density at radius 1 is 0.957 bits per heavy atom. The molecular weight excluding hydrogens is 286 g/mol. The van der Waals surface area contributed by atoms with E-state index in [-0.39, 0.29) is 0 Å². The molecule has 1 aliphatic rings. The number of benzene rings is 2. The van der Waals surface area contributed by atoms with E-state index in [4.69, 9.17) is 0 Å². The molecule has 0 amide bonds. The van der Waals surface area contributed by atoms with E-state index in [1.54, 1.807) is 12.1 Å². The van der Waals surface area contributed by atoms with Crippen molar-refractivity contribution in [2.45, 2.75) is 6.54 Å². The molecule has 0 atom stereocenters. The normalized spacial score (nSPS) is 16.4. The predicted octanol–water partition coefficient (Wildman–Crippen LogP) is 2.91. The molecule has 122 valence electrons. The first-order chi connectivity index (χ1) is 11.1. The number of phenolic OH excluding ortho intramolecular Hbond substituents is 1. The van der Waals surface area contributed by atoms with Gasteiger partial charge < -0.3 is 14.9 Å². The number of aromatic hydroxyl groups is 1. The summed E-state index contributed by atoms with van der Waals surface area (Å²) in [4.78, 5) is 7.04. The van der Waals surface area contributed by atoms with E-state index in [0.717, 1.165) is 38.4 Å². The van der Waals surface area contributed by atoms with Crippen LogP contribution in [0.25, 0.3) is 0 Å². The van der Waals surface area contributed by atoms with Crippen LogP contribution in [-0.4, -0.2) is 55.2 Å². The average molecular weight is 311 g/mol. The lowest BCUT2D eigenvalue weighted by molar-refractivity contribution is 0.148. The van der Waals surface area contributed by atoms with Crippen LogP contribution in [0.15, 0.2) is 48.5 Å². The lowest BCUT2D eigenvalue weighted by Crippen LogP contribution is -2.43. The van der Waals surface area contributed by atoms with Gasteiger partial charge in [0.1, 0.15) is 5.75 Å². The summed E-state index contributed by atoms with van der Waals surface area (Å²) in [5, 5.41) is 9.43. The van der Waals surface area contributed by atoms with Crippen molar-refractivity contribution < 1.29 is 5.11 Å². The summed E-state index contributed by atoms with van der Waals surface area (Å²) < 4.78 is 0. The van der Waals surface area contributed by atoms with Gasteiger partial charge in [-0.15, -0.1) is 0 Å². The van der Waals surface area contributed by atoms with E-state index >= 15 is 0 Å². The smallest absolute Gasteiger partial charge is 0.115 e. The van der Waals surface area contributed by atoms with E-state index in [2.05, 4.69) is 53.1 Å². The summed E-state index contributed by atoms with van der Waals surface area (Å²) in [6.07, 6.45) is 0. The Bertz CT molecular complexity index is 633. The number of hydrogen-bond donors (Lipinski definition) is 1. The van der Waals surface area contributed by atoms with Gasteiger partial charge in [-0.25, -0.2) is 0 Å². The molecule has 1 fully saturated rings. The minimum absolute atomic E-state index is 0.297. The van der Waals surface area contributed by atoms with Crippen molar-refractivity contribution in [3.8, 4) is 5.75 Å². The van der Waals surface area contributed by atoms with Crippen molar-refractivity contribution in [2.24, 2.45) is 0 Å². The number of phenols is 1. The largest absolute Gasteiger partial charge is 0.508 e. The summed E-state index contributed by atoms with van der Waals surface area (Å²) in [5.41, 5.74) is 3.58. The molecule has 0 spiro atoms. The molecule has 0 aromatic heterocycles. The van der Waals surface area contributed by atoms with E-state index in [1.807, 2.05) is 12.1 Å². The Labute approximate surface area is 138 Å². The lowest BCUT2D eigenvalue weighted by Gasteiger charge is -2.32. The van der Waals surface area contributed by atoms with E-state index in [1.165, 1.54) is 11.3 Å². The first-order valence-electron chi connectivity index (χ1n) is 8.14. The van der Waals surface area contributed by atoms with Crippen LogP contribution >= 0.6 is 0 Å². The van der Waals surface area contributed by atoms with Crippen molar-refractivity contribution >= 4 is 11.4 Å². The second kappa shape index (κ2) is 7.02. The lowest BCUT2D eigenvalue weighted by atomic mass is 10.1. The zero-order chi connectivity index (χ0) is 16.2. The van der Waals surface area contributed by atoms with Gasteiger partial charge in [0, 0.05) is 51.1 Å². The Balaban J connectivity index is 1.70. The second-order valence-electron chi connectivity index (χ2n) is 6.32. The first-order valence-corrected chi connectivity index (χ1v) is 8.14. The fourth-order valence-corrected chi connectivity index (χ4v) is 2.95. The van der Waals surface area contributed by atoms with Gasteiger partial charge in [-0.05, 0) is 49.0 Å². The Morgan fingerprint density at radius 2 is 1.65 bits per heavy atom. The third-order valence-electron chi connectivity index (χ3n) is 4.54. The molecule has 4 heteroatoms. The highest BCUT2D eigenvalue weighted by Gasteiger charge is 2.14. The number of likely N-dealkylation sites (N-methyl/N-ethyl adjacent to an activating group) is 1. The number of rotatable bonds is 4. The van der Waals surface area contributed by atoms with E-state index in [0.29, 0.717) is 5.75 Å². The Morgan fingerprint density at radius 3 is 2.35 bits per heavy atom. The van der Waals surface area contributed by atoms with Crippen LogP contribution in [0.1, 0.15) is 5.56 Å². The molecule has 0 saturated carbocycles. The van der Waals surface area contributed by atoms with Crippen LogP contribution in [0.4, 0.5) is 11.4 Å². The molecule has 0 bridgehead atoms. The molecule has 0 unspecified atom stereocenters. The first kappa shape index (κ1) is 15.8. The molecule has 1 heterocycles. The van der Waals surface area contributed by atoms with Crippen LogP contribution in [-0.2, 0) is 6.54 Å². The van der Waals surface area contributed by atoms with Crippen LogP contribution in [0.2, 0.25) is 0 Å². The van der Waals surface area contributed by atoms with Gasteiger partial charge in [0.25, 0.3) is 0 Å². The average Bonchev–Trinajstić information content (AvgIpc) is 2.57. The van der Waals surface area contributed by atoms with Crippen molar-refractivity contribution in [1.29, 1.82) is 0 Å². The van der Waals surface area contributed by atoms with Crippen LogP contribution in [0, 0.1) is 0 Å². The van der Waals surface area contributed by atoms with Gasteiger partial charge in [0.05, 0.1) is 0 Å². The van der Waals surface area contributed by atoms with Gasteiger partial charge in [-0.2, -0.15) is 0 Å². The van der Waals surface area contributed by atoms with Gasteiger partial charge in [0.15, 0.2) is 0 Å². The highest BCUT2D eigenvalue weighted by molar-refractivity contribution is 5.63. The third-order valence-corrected chi connectivity index (χ3v) is 4.54. The Kier molecular flexibility index (Phi) is 4.84. The number of nitrogens with zero attached hydrogens (tertiary/aromatic N) is 3. The maximum absolute atomic E-state index is 9.43. The molecule has 3 rings (SSSR count). The molecule has 1 N–H and O–H groups in total. The summed E-state index contributed by atoms with van der Waals surface area (Å²) in [5.74, 6) is 0.297. The summed E-state index contributed by atoms with van der Waals surface area (Å²) in [7, 11) is 4.24. The maximum atomic E-state index is 9.43. The van der Waals surface area contributed by atoms with Crippen LogP contribution in [0.3, 0.4) is 0 Å². The molecule has 1 saturated heterocycles. The van der Waals surface area contributed by atoms with Crippen LogP contribution < -0.4 is 4.90 Å². The zero-order valence-corrected chi connectivity index (χ0v) is 13.9. The zero-order valence-electron chi connectivity index (χ0n) is 13.9. The maximum Gasteiger partial charge on any atom is 0.115 e. The topological polar surface area (TPSA) is 30.0 Å². The van der Waals surface area contributed by atoms with Crippen molar-refractivity contribution in [2.75, 3.05) is 45.2 Å². The minimum Gasteiger partial charge on any atom is -0.508 e.